The molecule has 0 fully saturated rings. The van der Waals surface area contributed by atoms with Crippen LogP contribution < -0.4 is 0 Å². The summed E-state index contributed by atoms with van der Waals surface area (Å²) in [5, 5.41) is 36.5. The van der Waals surface area contributed by atoms with Crippen molar-refractivity contribution in [2.75, 3.05) is 27.3 Å². The largest absolute Gasteiger partial charge is 0.480 e. The number of aliphatic hydroxyl groups excluding tert-OH is 3. The van der Waals surface area contributed by atoms with Crippen LogP contribution in [0.1, 0.15) is 13.3 Å². The smallest absolute Gasteiger partial charge is 0.324 e. The van der Waals surface area contributed by atoms with Crippen molar-refractivity contribution in [2.24, 2.45) is 5.92 Å². The van der Waals surface area contributed by atoms with Gasteiger partial charge in [-0.15, -0.1) is 0 Å². The van der Waals surface area contributed by atoms with Crippen LogP contribution in [0.2, 0.25) is 0 Å². The van der Waals surface area contributed by atoms with Crippen LogP contribution in [-0.2, 0) is 4.79 Å². The maximum absolute atomic E-state index is 11.2. The molecule has 2 unspecified atom stereocenters. The lowest BCUT2D eigenvalue weighted by Crippen LogP contribution is -2.56. The molecule has 6 nitrogen and oxygen atoms in total. The van der Waals surface area contributed by atoms with Gasteiger partial charge in [0, 0.05) is 12.5 Å². The first-order valence-corrected chi connectivity index (χ1v) is 5.11. The highest BCUT2D eigenvalue weighted by Crippen LogP contribution is 2.27. The molecule has 0 aliphatic heterocycles. The standard InChI is InChI=1S/C10H21NO5/c1-10(9(15)16,11(2)3)7(5-12)4-8(14)6-13/h7-8,12-14H,4-6H2,1-3H3,(H,15,16)/t7?,8?,10-/m0/s1. The van der Waals surface area contributed by atoms with Crippen LogP contribution >= 0.6 is 0 Å². The molecule has 0 amide bonds. The van der Waals surface area contributed by atoms with E-state index >= 15 is 0 Å². The Morgan fingerprint density at radius 3 is 2.06 bits per heavy atom. The molecule has 16 heavy (non-hydrogen) atoms. The van der Waals surface area contributed by atoms with Crippen LogP contribution in [0.3, 0.4) is 0 Å². The van der Waals surface area contributed by atoms with Gasteiger partial charge in [-0.1, -0.05) is 0 Å². The lowest BCUT2D eigenvalue weighted by atomic mass is 9.81. The molecule has 0 heterocycles. The normalized spacial score (nSPS) is 19.2. The molecule has 0 saturated heterocycles. The van der Waals surface area contributed by atoms with Crippen molar-refractivity contribution in [2.45, 2.75) is 25.0 Å². The molecule has 6 heteroatoms. The Hall–Kier alpha value is -0.690. The summed E-state index contributed by atoms with van der Waals surface area (Å²) in [7, 11) is 3.20. The van der Waals surface area contributed by atoms with Crippen molar-refractivity contribution < 1.29 is 25.2 Å². The third-order valence-corrected chi connectivity index (χ3v) is 3.14. The zero-order chi connectivity index (χ0) is 12.9. The number of hydrogen-bond acceptors (Lipinski definition) is 5. The summed E-state index contributed by atoms with van der Waals surface area (Å²) in [6.45, 7) is 0.679. The molecule has 4 N–H and O–H groups in total. The molecule has 0 spiro atoms. The Morgan fingerprint density at radius 1 is 1.31 bits per heavy atom. The summed E-state index contributed by atoms with van der Waals surface area (Å²) >= 11 is 0. The second kappa shape index (κ2) is 6.15. The van der Waals surface area contributed by atoms with Gasteiger partial charge < -0.3 is 20.4 Å². The summed E-state index contributed by atoms with van der Waals surface area (Å²) in [5.74, 6) is -1.72. The Labute approximate surface area is 95.1 Å². The SMILES string of the molecule is CN(C)[C@](C)(C(=O)O)C(CO)CC(O)CO. The fraction of sp³-hybridized carbons (Fsp3) is 0.900. The molecule has 3 atom stereocenters. The van der Waals surface area contributed by atoms with Gasteiger partial charge in [0.2, 0.25) is 0 Å². The minimum atomic E-state index is -1.27. The van der Waals surface area contributed by atoms with Crippen LogP contribution in [0.4, 0.5) is 0 Å². The Morgan fingerprint density at radius 2 is 1.81 bits per heavy atom. The van der Waals surface area contributed by atoms with E-state index in [1.807, 2.05) is 0 Å². The van der Waals surface area contributed by atoms with Crippen LogP contribution in [-0.4, -0.2) is 70.2 Å². The number of carboxylic acids is 1. The summed E-state index contributed by atoms with van der Waals surface area (Å²) in [5.41, 5.74) is -1.27. The van der Waals surface area contributed by atoms with Crippen LogP contribution in [0.5, 0.6) is 0 Å². The number of carboxylic acid groups (broad SMARTS) is 1. The van der Waals surface area contributed by atoms with Gasteiger partial charge in [-0.3, -0.25) is 9.69 Å². The predicted octanol–water partition coefficient (Wildman–Crippen LogP) is -1.26. The van der Waals surface area contributed by atoms with Gasteiger partial charge in [0.1, 0.15) is 5.54 Å². The first kappa shape index (κ1) is 15.3. The molecular formula is C10H21NO5. The highest BCUT2D eigenvalue weighted by molar-refractivity contribution is 5.78. The van der Waals surface area contributed by atoms with Gasteiger partial charge in [-0.05, 0) is 27.4 Å². The molecule has 0 saturated carbocycles. The number of nitrogens with zero attached hydrogens (tertiary/aromatic N) is 1. The summed E-state index contributed by atoms with van der Waals surface area (Å²) < 4.78 is 0. The highest BCUT2D eigenvalue weighted by atomic mass is 16.4. The maximum atomic E-state index is 11.2. The minimum absolute atomic E-state index is 0.0357. The van der Waals surface area contributed by atoms with Crippen molar-refractivity contribution in [1.29, 1.82) is 0 Å². The van der Waals surface area contributed by atoms with E-state index in [0.717, 1.165) is 0 Å². The van der Waals surface area contributed by atoms with Gasteiger partial charge in [0.25, 0.3) is 0 Å². The molecule has 0 aliphatic rings. The number of likely N-dealkylation sites (N-methyl/N-ethyl adjacent to an activating group) is 1. The molecule has 0 aromatic carbocycles. The van der Waals surface area contributed by atoms with Crippen molar-refractivity contribution >= 4 is 5.97 Å². The molecule has 0 radical (unpaired) electrons. The quantitative estimate of drug-likeness (QED) is 0.439. The first-order valence-electron chi connectivity index (χ1n) is 5.11. The molecule has 0 aliphatic carbocycles. The van der Waals surface area contributed by atoms with Gasteiger partial charge >= 0.3 is 5.97 Å². The first-order chi connectivity index (χ1) is 7.30. The van der Waals surface area contributed by atoms with E-state index in [-0.39, 0.29) is 13.0 Å². The van der Waals surface area contributed by atoms with E-state index in [4.69, 9.17) is 5.11 Å². The fourth-order valence-electron chi connectivity index (χ4n) is 1.62. The molecular weight excluding hydrogens is 214 g/mol. The number of hydrogen-bond donors (Lipinski definition) is 4. The maximum Gasteiger partial charge on any atom is 0.324 e. The van der Waals surface area contributed by atoms with Crippen molar-refractivity contribution in [3.8, 4) is 0 Å². The van der Waals surface area contributed by atoms with Crippen LogP contribution in [0, 0.1) is 5.92 Å². The second-order valence-corrected chi connectivity index (χ2v) is 4.30. The summed E-state index contributed by atoms with van der Waals surface area (Å²) in [6, 6.07) is 0. The van der Waals surface area contributed by atoms with Gasteiger partial charge in [-0.2, -0.15) is 0 Å². The average molecular weight is 235 g/mol. The van der Waals surface area contributed by atoms with E-state index in [1.54, 1.807) is 14.1 Å². The lowest BCUT2D eigenvalue weighted by Gasteiger charge is -2.39. The van der Waals surface area contributed by atoms with Crippen LogP contribution in [0.15, 0.2) is 0 Å². The lowest BCUT2D eigenvalue weighted by molar-refractivity contribution is -0.154. The third kappa shape index (κ3) is 3.15. The number of aliphatic carboxylic acids is 1. The molecule has 96 valence electrons. The van der Waals surface area contributed by atoms with Crippen LogP contribution in [0.25, 0.3) is 0 Å². The Balaban J connectivity index is 4.93. The third-order valence-electron chi connectivity index (χ3n) is 3.14. The van der Waals surface area contributed by atoms with Crippen molar-refractivity contribution in [1.82, 2.24) is 4.90 Å². The van der Waals surface area contributed by atoms with Gasteiger partial charge in [-0.25, -0.2) is 0 Å². The highest BCUT2D eigenvalue weighted by Gasteiger charge is 2.43. The van der Waals surface area contributed by atoms with E-state index in [1.165, 1.54) is 11.8 Å². The molecule has 0 aromatic rings. The van der Waals surface area contributed by atoms with E-state index in [0.29, 0.717) is 0 Å². The number of rotatable bonds is 7. The Kier molecular flexibility index (Phi) is 5.88. The van der Waals surface area contributed by atoms with E-state index in [2.05, 4.69) is 0 Å². The minimum Gasteiger partial charge on any atom is -0.480 e. The fourth-order valence-corrected chi connectivity index (χ4v) is 1.62. The molecule has 0 bridgehead atoms. The zero-order valence-corrected chi connectivity index (χ0v) is 9.92. The second-order valence-electron chi connectivity index (χ2n) is 4.30. The topological polar surface area (TPSA) is 101 Å². The van der Waals surface area contributed by atoms with Crippen molar-refractivity contribution in [3.05, 3.63) is 0 Å². The Bertz CT molecular complexity index is 233. The van der Waals surface area contributed by atoms with Crippen molar-refractivity contribution in [3.63, 3.8) is 0 Å². The molecule has 0 rings (SSSR count). The van der Waals surface area contributed by atoms with E-state index in [9.17, 15) is 20.1 Å². The monoisotopic (exact) mass is 235 g/mol. The zero-order valence-electron chi connectivity index (χ0n) is 9.92. The number of aliphatic hydroxyl groups is 3. The predicted molar refractivity (Wildman–Crippen MR) is 58.0 cm³/mol. The average Bonchev–Trinajstić information content (AvgIpc) is 2.23. The van der Waals surface area contributed by atoms with Gasteiger partial charge in [0.15, 0.2) is 0 Å². The summed E-state index contributed by atoms with van der Waals surface area (Å²) in [4.78, 5) is 12.7. The summed E-state index contributed by atoms with van der Waals surface area (Å²) in [6.07, 6.45) is -0.982. The molecule has 0 aromatic heterocycles. The number of carbonyl (C=O) groups is 1. The van der Waals surface area contributed by atoms with Gasteiger partial charge in [0.05, 0.1) is 12.7 Å². The van der Waals surface area contributed by atoms with E-state index < -0.39 is 30.1 Å².